The Hall–Kier alpha value is -1.32. The van der Waals surface area contributed by atoms with Crippen molar-refractivity contribution >= 4 is 11.9 Å². The molecule has 4 heteroatoms. The van der Waals surface area contributed by atoms with E-state index in [0.29, 0.717) is 6.42 Å². The van der Waals surface area contributed by atoms with Crippen molar-refractivity contribution in [2.75, 3.05) is 0 Å². The van der Waals surface area contributed by atoms with Gasteiger partial charge in [-0.05, 0) is 0 Å². The van der Waals surface area contributed by atoms with Gasteiger partial charge < -0.3 is 10.4 Å². The first-order valence-corrected chi connectivity index (χ1v) is 2.85. The predicted molar refractivity (Wildman–Crippen MR) is 35.2 cm³/mol. The standard InChI is InChI=1S/C6H9NO3/c1-2-5(8)7-4-3-6(9)10/h3-4H,2H2,1H3,(H,7,8)(H,9,10). The van der Waals surface area contributed by atoms with Gasteiger partial charge in [-0.1, -0.05) is 6.92 Å². The smallest absolute Gasteiger partial charge is 0.329 e. The maximum atomic E-state index is 10.4. The second kappa shape index (κ2) is 4.55. The van der Waals surface area contributed by atoms with Crippen LogP contribution in [-0.2, 0) is 9.59 Å². The van der Waals surface area contributed by atoms with Gasteiger partial charge >= 0.3 is 5.97 Å². The molecule has 0 atom stereocenters. The number of carboxylic acids is 1. The minimum Gasteiger partial charge on any atom is -0.478 e. The third-order valence-electron chi connectivity index (χ3n) is 0.791. The van der Waals surface area contributed by atoms with Gasteiger partial charge in [0.25, 0.3) is 0 Å². The van der Waals surface area contributed by atoms with Crippen molar-refractivity contribution in [1.82, 2.24) is 5.32 Å². The molecule has 0 aromatic carbocycles. The van der Waals surface area contributed by atoms with Gasteiger partial charge in [-0.3, -0.25) is 4.79 Å². The van der Waals surface area contributed by atoms with Gasteiger partial charge in [0.1, 0.15) is 0 Å². The van der Waals surface area contributed by atoms with Crippen LogP contribution in [0.25, 0.3) is 0 Å². The summed E-state index contributed by atoms with van der Waals surface area (Å²) in [6.45, 7) is 1.68. The number of nitrogens with one attached hydrogen (secondary N) is 1. The summed E-state index contributed by atoms with van der Waals surface area (Å²) < 4.78 is 0. The summed E-state index contributed by atoms with van der Waals surface area (Å²) in [7, 11) is 0. The number of hydrogen-bond donors (Lipinski definition) is 2. The first-order chi connectivity index (χ1) is 4.66. The second-order valence-corrected chi connectivity index (χ2v) is 1.59. The number of carbonyl (C=O) groups excluding carboxylic acids is 1. The molecule has 2 N–H and O–H groups in total. The maximum absolute atomic E-state index is 10.4. The van der Waals surface area contributed by atoms with Crippen LogP contribution in [0.3, 0.4) is 0 Å². The summed E-state index contributed by atoms with van der Waals surface area (Å²) in [5.41, 5.74) is 0. The summed E-state index contributed by atoms with van der Waals surface area (Å²) in [6, 6.07) is 0. The third kappa shape index (κ3) is 4.83. The van der Waals surface area contributed by atoms with Gasteiger partial charge in [-0.15, -0.1) is 0 Å². The van der Waals surface area contributed by atoms with E-state index in [1.165, 1.54) is 0 Å². The van der Waals surface area contributed by atoms with Crippen molar-refractivity contribution < 1.29 is 14.7 Å². The van der Waals surface area contributed by atoms with E-state index in [9.17, 15) is 9.59 Å². The Bertz CT molecular complexity index is 162. The molecule has 0 saturated carbocycles. The van der Waals surface area contributed by atoms with E-state index in [0.717, 1.165) is 12.3 Å². The Kier molecular flexibility index (Phi) is 3.95. The quantitative estimate of drug-likeness (QED) is 0.551. The summed E-state index contributed by atoms with van der Waals surface area (Å²) in [5.74, 6) is -1.27. The summed E-state index contributed by atoms with van der Waals surface area (Å²) >= 11 is 0. The topological polar surface area (TPSA) is 66.4 Å². The van der Waals surface area contributed by atoms with Crippen molar-refractivity contribution in [1.29, 1.82) is 0 Å². The Morgan fingerprint density at radius 3 is 2.60 bits per heavy atom. The van der Waals surface area contributed by atoms with Crippen LogP contribution in [0.2, 0.25) is 0 Å². The van der Waals surface area contributed by atoms with E-state index in [4.69, 9.17) is 5.11 Å². The lowest BCUT2D eigenvalue weighted by atomic mass is 10.4. The molecule has 0 radical (unpaired) electrons. The molecule has 0 heterocycles. The molecule has 0 aliphatic carbocycles. The average Bonchev–Trinajstić information content (AvgIpc) is 1.87. The van der Waals surface area contributed by atoms with E-state index in [-0.39, 0.29) is 5.91 Å². The average molecular weight is 143 g/mol. The van der Waals surface area contributed by atoms with Crippen molar-refractivity contribution in [2.45, 2.75) is 13.3 Å². The fraction of sp³-hybridized carbons (Fsp3) is 0.333. The number of rotatable bonds is 3. The monoisotopic (exact) mass is 143 g/mol. The second-order valence-electron chi connectivity index (χ2n) is 1.59. The molecule has 0 bridgehead atoms. The molecule has 4 nitrogen and oxygen atoms in total. The van der Waals surface area contributed by atoms with Gasteiger partial charge in [0.2, 0.25) is 5.91 Å². The van der Waals surface area contributed by atoms with Gasteiger partial charge in [-0.25, -0.2) is 4.79 Å². The summed E-state index contributed by atoms with van der Waals surface area (Å²) in [6.07, 6.45) is 2.33. The number of amides is 1. The Morgan fingerprint density at radius 1 is 1.60 bits per heavy atom. The predicted octanol–water partition coefficient (Wildman–Crippen LogP) is 0.111. The fourth-order valence-electron chi connectivity index (χ4n) is 0.308. The highest BCUT2D eigenvalue weighted by molar-refractivity contribution is 5.82. The lowest BCUT2D eigenvalue weighted by Crippen LogP contribution is -2.15. The minimum atomic E-state index is -1.07. The lowest BCUT2D eigenvalue weighted by molar-refractivity contribution is -0.131. The molecule has 0 spiro atoms. The SMILES string of the molecule is CCC(=O)NC=CC(=O)O. The Balaban J connectivity index is 3.53. The van der Waals surface area contributed by atoms with E-state index in [1.54, 1.807) is 6.92 Å². The largest absolute Gasteiger partial charge is 0.478 e. The maximum Gasteiger partial charge on any atom is 0.329 e. The van der Waals surface area contributed by atoms with Crippen molar-refractivity contribution in [3.8, 4) is 0 Å². The van der Waals surface area contributed by atoms with E-state index < -0.39 is 5.97 Å². The Labute approximate surface area is 58.5 Å². The van der Waals surface area contributed by atoms with Crippen LogP contribution in [0, 0.1) is 0 Å². The van der Waals surface area contributed by atoms with Crippen LogP contribution in [0.4, 0.5) is 0 Å². The number of aliphatic carboxylic acids is 1. The van der Waals surface area contributed by atoms with Crippen LogP contribution in [0.5, 0.6) is 0 Å². The molecule has 0 aliphatic heterocycles. The molecular formula is C6H9NO3. The first kappa shape index (κ1) is 8.68. The highest BCUT2D eigenvalue weighted by atomic mass is 16.4. The molecule has 0 rings (SSSR count). The number of carboxylic acid groups (broad SMARTS) is 1. The molecule has 1 amide bonds. The third-order valence-corrected chi connectivity index (χ3v) is 0.791. The molecule has 0 saturated heterocycles. The zero-order valence-corrected chi connectivity index (χ0v) is 5.63. The van der Waals surface area contributed by atoms with Crippen molar-refractivity contribution in [3.05, 3.63) is 12.3 Å². The number of carbonyl (C=O) groups is 2. The zero-order valence-electron chi connectivity index (χ0n) is 5.63. The van der Waals surface area contributed by atoms with Crippen LogP contribution in [0.1, 0.15) is 13.3 Å². The van der Waals surface area contributed by atoms with Gasteiger partial charge in [0, 0.05) is 18.7 Å². The number of hydrogen-bond acceptors (Lipinski definition) is 2. The Morgan fingerprint density at radius 2 is 2.20 bits per heavy atom. The van der Waals surface area contributed by atoms with Crippen molar-refractivity contribution in [2.24, 2.45) is 0 Å². The van der Waals surface area contributed by atoms with Gasteiger partial charge in [0.05, 0.1) is 0 Å². The molecule has 0 aromatic heterocycles. The molecule has 0 fully saturated rings. The highest BCUT2D eigenvalue weighted by Gasteiger charge is 1.90. The molecule has 0 aromatic rings. The van der Waals surface area contributed by atoms with Crippen molar-refractivity contribution in [3.63, 3.8) is 0 Å². The van der Waals surface area contributed by atoms with Gasteiger partial charge in [-0.2, -0.15) is 0 Å². The fourth-order valence-corrected chi connectivity index (χ4v) is 0.308. The molecule has 0 aliphatic rings. The van der Waals surface area contributed by atoms with Crippen LogP contribution >= 0.6 is 0 Å². The highest BCUT2D eigenvalue weighted by Crippen LogP contribution is 1.74. The normalized spacial score (nSPS) is 9.70. The molecule has 10 heavy (non-hydrogen) atoms. The van der Waals surface area contributed by atoms with Gasteiger partial charge in [0.15, 0.2) is 0 Å². The molecular weight excluding hydrogens is 134 g/mol. The van der Waals surface area contributed by atoms with E-state index >= 15 is 0 Å². The van der Waals surface area contributed by atoms with E-state index in [2.05, 4.69) is 5.32 Å². The minimum absolute atomic E-state index is 0.197. The first-order valence-electron chi connectivity index (χ1n) is 2.85. The van der Waals surface area contributed by atoms with Crippen LogP contribution < -0.4 is 5.32 Å². The van der Waals surface area contributed by atoms with Crippen LogP contribution in [0.15, 0.2) is 12.3 Å². The summed E-state index contributed by atoms with van der Waals surface area (Å²) in [4.78, 5) is 20.3. The van der Waals surface area contributed by atoms with Crippen LogP contribution in [-0.4, -0.2) is 17.0 Å². The van der Waals surface area contributed by atoms with E-state index in [1.807, 2.05) is 0 Å². The molecule has 0 unspecified atom stereocenters. The lowest BCUT2D eigenvalue weighted by Gasteiger charge is -1.91. The zero-order chi connectivity index (χ0) is 7.98. The molecule has 56 valence electrons. The summed E-state index contributed by atoms with van der Waals surface area (Å²) in [5, 5.41) is 10.3.